The van der Waals surface area contributed by atoms with Crippen molar-refractivity contribution >= 4 is 15.9 Å². The molecule has 1 unspecified atom stereocenters. The molecule has 0 fully saturated rings. The fourth-order valence-corrected chi connectivity index (χ4v) is 2.27. The van der Waals surface area contributed by atoms with E-state index in [2.05, 4.69) is 32.8 Å². The number of unbranched alkanes of at least 4 members (excludes halogenated alkanes) is 1. The maximum absolute atomic E-state index is 13.2. The Kier molecular flexibility index (Phi) is 4.71. The molecule has 19 heavy (non-hydrogen) atoms. The second-order valence-electron chi connectivity index (χ2n) is 4.56. The summed E-state index contributed by atoms with van der Waals surface area (Å²) in [6.45, 7) is 2.14. The number of nitrogens with zero attached hydrogens (tertiary/aromatic N) is 1. The third-order valence-corrected chi connectivity index (χ3v) is 3.65. The minimum absolute atomic E-state index is 0.0717. The minimum atomic E-state index is -0.275. The number of imidazole rings is 1. The number of benzene rings is 1. The van der Waals surface area contributed by atoms with Crippen molar-refractivity contribution in [3.63, 3.8) is 0 Å². The molecular weight excluding hydrogens is 309 g/mol. The number of nitrogens with two attached hydrogens (primary N) is 1. The first-order chi connectivity index (χ1) is 9.11. The predicted molar refractivity (Wildman–Crippen MR) is 78.1 cm³/mol. The van der Waals surface area contributed by atoms with Gasteiger partial charge in [0.2, 0.25) is 0 Å². The normalized spacial score (nSPS) is 12.6. The second-order valence-corrected chi connectivity index (χ2v) is 5.41. The molecule has 3 N–H and O–H groups in total. The van der Waals surface area contributed by atoms with E-state index in [1.165, 1.54) is 6.07 Å². The molecule has 0 aliphatic carbocycles. The zero-order valence-corrected chi connectivity index (χ0v) is 12.4. The third kappa shape index (κ3) is 3.42. The molecule has 0 amide bonds. The number of nitrogens with one attached hydrogen (secondary N) is 1. The monoisotopic (exact) mass is 325 g/mol. The molecule has 0 radical (unpaired) electrons. The third-order valence-electron chi connectivity index (χ3n) is 3.05. The number of halogens is 2. The van der Waals surface area contributed by atoms with E-state index in [4.69, 9.17) is 5.73 Å². The molecule has 3 nitrogen and oxygen atoms in total. The Morgan fingerprint density at radius 3 is 2.95 bits per heavy atom. The van der Waals surface area contributed by atoms with Crippen LogP contribution < -0.4 is 5.73 Å². The summed E-state index contributed by atoms with van der Waals surface area (Å²) in [4.78, 5) is 7.51. The average molecular weight is 326 g/mol. The lowest BCUT2D eigenvalue weighted by Gasteiger charge is -2.07. The van der Waals surface area contributed by atoms with Crippen LogP contribution in [0, 0.1) is 5.82 Å². The van der Waals surface area contributed by atoms with E-state index in [1.807, 2.05) is 0 Å². The minimum Gasteiger partial charge on any atom is -0.341 e. The average Bonchev–Trinajstić information content (AvgIpc) is 2.89. The van der Waals surface area contributed by atoms with Gasteiger partial charge in [-0.15, -0.1) is 0 Å². The van der Waals surface area contributed by atoms with Crippen LogP contribution in [-0.2, 0) is 0 Å². The van der Waals surface area contributed by atoms with Gasteiger partial charge in [-0.3, -0.25) is 0 Å². The molecule has 2 rings (SSSR count). The molecule has 0 bridgehead atoms. The number of hydrogen-bond donors (Lipinski definition) is 2. The van der Waals surface area contributed by atoms with Gasteiger partial charge in [0.05, 0.1) is 22.4 Å². The Hall–Kier alpha value is -1.20. The molecule has 0 spiro atoms. The van der Waals surface area contributed by atoms with Crippen molar-refractivity contribution in [3.05, 3.63) is 40.5 Å². The van der Waals surface area contributed by atoms with Crippen LogP contribution in [0.25, 0.3) is 11.3 Å². The van der Waals surface area contributed by atoms with Crippen LogP contribution in [0.3, 0.4) is 0 Å². The van der Waals surface area contributed by atoms with E-state index < -0.39 is 0 Å². The Morgan fingerprint density at radius 2 is 2.26 bits per heavy atom. The first kappa shape index (κ1) is 14.2. The topological polar surface area (TPSA) is 54.7 Å². The van der Waals surface area contributed by atoms with Crippen molar-refractivity contribution in [2.24, 2.45) is 5.73 Å². The zero-order valence-electron chi connectivity index (χ0n) is 10.8. The van der Waals surface area contributed by atoms with Gasteiger partial charge < -0.3 is 10.7 Å². The number of aromatic amines is 1. The molecule has 1 atom stereocenters. The molecule has 102 valence electrons. The highest BCUT2D eigenvalue weighted by Gasteiger charge is 2.11. The van der Waals surface area contributed by atoms with Crippen LogP contribution in [0.2, 0.25) is 0 Å². The number of aromatic nitrogens is 2. The van der Waals surface area contributed by atoms with Crippen LogP contribution in [-0.4, -0.2) is 9.97 Å². The van der Waals surface area contributed by atoms with Gasteiger partial charge in [0.25, 0.3) is 0 Å². The summed E-state index contributed by atoms with van der Waals surface area (Å²) in [7, 11) is 0. The van der Waals surface area contributed by atoms with Crippen LogP contribution >= 0.6 is 15.9 Å². The van der Waals surface area contributed by atoms with Crippen LogP contribution in [0.15, 0.2) is 28.9 Å². The highest BCUT2D eigenvalue weighted by molar-refractivity contribution is 9.10. The first-order valence-corrected chi connectivity index (χ1v) is 7.17. The molecule has 0 aliphatic rings. The van der Waals surface area contributed by atoms with Crippen molar-refractivity contribution < 1.29 is 4.39 Å². The van der Waals surface area contributed by atoms with Gasteiger partial charge in [-0.1, -0.05) is 19.8 Å². The lowest BCUT2D eigenvalue weighted by atomic mass is 10.1. The van der Waals surface area contributed by atoms with Gasteiger partial charge in [0.1, 0.15) is 11.6 Å². The summed E-state index contributed by atoms with van der Waals surface area (Å²) in [6, 6.07) is 4.80. The fourth-order valence-electron chi connectivity index (χ4n) is 1.90. The molecular formula is C14H17BrFN3. The van der Waals surface area contributed by atoms with Crippen molar-refractivity contribution in [1.29, 1.82) is 0 Å². The molecule has 0 saturated heterocycles. The van der Waals surface area contributed by atoms with Gasteiger partial charge in [-0.25, -0.2) is 9.37 Å². The molecule has 1 aromatic carbocycles. The highest BCUT2D eigenvalue weighted by atomic mass is 79.9. The van der Waals surface area contributed by atoms with Gasteiger partial charge in [0.15, 0.2) is 0 Å². The van der Waals surface area contributed by atoms with E-state index in [1.54, 1.807) is 18.3 Å². The summed E-state index contributed by atoms with van der Waals surface area (Å²) in [5.41, 5.74) is 7.80. The lowest BCUT2D eigenvalue weighted by Crippen LogP contribution is -2.11. The molecule has 1 heterocycles. The molecule has 0 saturated carbocycles. The van der Waals surface area contributed by atoms with E-state index in [-0.39, 0.29) is 11.9 Å². The molecule has 1 aromatic heterocycles. The van der Waals surface area contributed by atoms with Crippen LogP contribution in [0.5, 0.6) is 0 Å². The molecule has 5 heteroatoms. The van der Waals surface area contributed by atoms with E-state index >= 15 is 0 Å². The Labute approximate surface area is 120 Å². The molecule has 2 aromatic rings. The summed E-state index contributed by atoms with van der Waals surface area (Å²) in [5.74, 6) is 0.507. The van der Waals surface area contributed by atoms with Gasteiger partial charge in [-0.05, 0) is 40.5 Å². The highest BCUT2D eigenvalue weighted by Crippen LogP contribution is 2.25. The number of H-pyrrole nitrogens is 1. The van der Waals surface area contributed by atoms with Crippen LogP contribution in [0.1, 0.15) is 38.1 Å². The van der Waals surface area contributed by atoms with Crippen molar-refractivity contribution in [2.45, 2.75) is 32.2 Å². The largest absolute Gasteiger partial charge is 0.341 e. The summed E-state index contributed by atoms with van der Waals surface area (Å²) >= 11 is 3.18. The van der Waals surface area contributed by atoms with E-state index in [9.17, 15) is 4.39 Å². The summed E-state index contributed by atoms with van der Waals surface area (Å²) in [5, 5.41) is 0. The van der Waals surface area contributed by atoms with Gasteiger partial charge in [0, 0.05) is 5.56 Å². The second kappa shape index (κ2) is 6.30. The lowest BCUT2D eigenvalue weighted by molar-refractivity contribution is 0.580. The Bertz CT molecular complexity index is 553. The van der Waals surface area contributed by atoms with Crippen molar-refractivity contribution in [3.8, 4) is 11.3 Å². The van der Waals surface area contributed by atoms with Crippen molar-refractivity contribution in [1.82, 2.24) is 9.97 Å². The predicted octanol–water partition coefficient (Wildman–Crippen LogP) is 4.17. The number of hydrogen-bond acceptors (Lipinski definition) is 2. The Balaban J connectivity index is 2.18. The van der Waals surface area contributed by atoms with Crippen molar-refractivity contribution in [2.75, 3.05) is 0 Å². The maximum atomic E-state index is 13.2. The Morgan fingerprint density at radius 1 is 1.47 bits per heavy atom. The van der Waals surface area contributed by atoms with Gasteiger partial charge in [-0.2, -0.15) is 0 Å². The fraction of sp³-hybridized carbons (Fsp3) is 0.357. The smallest absolute Gasteiger partial charge is 0.137 e. The van der Waals surface area contributed by atoms with E-state index in [0.717, 1.165) is 36.3 Å². The summed E-state index contributed by atoms with van der Waals surface area (Å²) in [6.07, 6.45) is 4.85. The first-order valence-electron chi connectivity index (χ1n) is 6.37. The maximum Gasteiger partial charge on any atom is 0.137 e. The summed E-state index contributed by atoms with van der Waals surface area (Å²) < 4.78 is 13.6. The van der Waals surface area contributed by atoms with E-state index in [0.29, 0.717) is 4.47 Å². The quantitative estimate of drug-likeness (QED) is 0.866. The van der Waals surface area contributed by atoms with Gasteiger partial charge >= 0.3 is 0 Å². The SMILES string of the molecule is CCCCC(N)c1ncc(-c2ccc(F)c(Br)c2)[nH]1. The molecule has 0 aliphatic heterocycles. The van der Waals surface area contributed by atoms with Crippen LogP contribution in [0.4, 0.5) is 4.39 Å². The zero-order chi connectivity index (χ0) is 13.8. The number of rotatable bonds is 5. The standard InChI is InChI=1S/C14H17BrFN3/c1-2-3-4-12(17)14-18-8-13(19-14)9-5-6-11(16)10(15)7-9/h5-8,12H,2-4,17H2,1H3,(H,18,19).